The van der Waals surface area contributed by atoms with Gasteiger partial charge in [-0.15, -0.1) is 13.2 Å². The minimum absolute atomic E-state index is 0.281. The van der Waals surface area contributed by atoms with E-state index in [-0.39, 0.29) is 11.7 Å². The monoisotopic (exact) mass is 473 g/mol. The van der Waals surface area contributed by atoms with Crippen molar-refractivity contribution in [3.8, 4) is 16.9 Å². The molecule has 0 aromatic heterocycles. The first-order valence-electron chi connectivity index (χ1n) is 10.1. The lowest BCUT2D eigenvalue weighted by molar-refractivity contribution is -0.274. The lowest BCUT2D eigenvalue weighted by Gasteiger charge is -2.16. The molecule has 0 spiro atoms. The van der Waals surface area contributed by atoms with Gasteiger partial charge in [-0.05, 0) is 34.9 Å². The average molecular weight is 474 g/mol. The third kappa shape index (κ3) is 5.20. The topological polar surface area (TPSA) is 47.9 Å². The Morgan fingerprint density at radius 3 is 2.15 bits per heavy atom. The fraction of sp³-hybridized carbons (Fsp3) is 0.200. The van der Waals surface area contributed by atoms with Gasteiger partial charge >= 0.3 is 12.3 Å². The molecule has 0 saturated heterocycles. The number of halogens is 4. The first-order valence-corrected chi connectivity index (χ1v) is 10.5. The van der Waals surface area contributed by atoms with Gasteiger partial charge < -0.3 is 9.47 Å². The summed E-state index contributed by atoms with van der Waals surface area (Å²) in [5.74, 6) is -1.11. The largest absolute Gasteiger partial charge is 0.573 e. The third-order valence-corrected chi connectivity index (χ3v) is 5.78. The predicted molar refractivity (Wildman–Crippen MR) is 119 cm³/mol. The van der Waals surface area contributed by atoms with E-state index in [9.17, 15) is 18.0 Å². The molecule has 0 amide bonds. The zero-order valence-corrected chi connectivity index (χ0v) is 18.2. The van der Waals surface area contributed by atoms with E-state index >= 15 is 0 Å². The summed E-state index contributed by atoms with van der Waals surface area (Å²) in [6, 6.07) is 19.9. The Kier molecular flexibility index (Phi) is 6.42. The maximum Gasteiger partial charge on any atom is 0.573 e. The van der Waals surface area contributed by atoms with E-state index in [0.717, 1.165) is 28.0 Å². The van der Waals surface area contributed by atoms with Crippen LogP contribution in [-0.4, -0.2) is 25.2 Å². The van der Waals surface area contributed by atoms with Gasteiger partial charge in [-0.25, -0.2) is 0 Å². The Morgan fingerprint density at radius 2 is 1.58 bits per heavy atom. The van der Waals surface area contributed by atoms with Gasteiger partial charge in [0, 0.05) is 22.7 Å². The molecule has 3 aromatic carbocycles. The molecule has 8 heteroatoms. The molecular formula is C25H19ClF3NO3. The third-order valence-electron chi connectivity index (χ3n) is 5.45. The Hall–Kier alpha value is -3.32. The van der Waals surface area contributed by atoms with Gasteiger partial charge in [-0.3, -0.25) is 9.79 Å². The van der Waals surface area contributed by atoms with Gasteiger partial charge in [-0.1, -0.05) is 66.2 Å². The minimum Gasteiger partial charge on any atom is -0.469 e. The summed E-state index contributed by atoms with van der Waals surface area (Å²) in [6.07, 6.45) is -4.33. The predicted octanol–water partition coefficient (Wildman–Crippen LogP) is 6.63. The second-order valence-electron chi connectivity index (χ2n) is 7.53. The number of aliphatic imine (C=N–C) groups is 1. The molecule has 1 aliphatic heterocycles. The quantitative estimate of drug-likeness (QED) is 0.391. The Morgan fingerprint density at radius 1 is 0.970 bits per heavy atom. The molecule has 3 aromatic rings. The van der Waals surface area contributed by atoms with Crippen LogP contribution in [0.25, 0.3) is 11.1 Å². The number of hydrogen-bond donors (Lipinski definition) is 0. The molecule has 2 atom stereocenters. The summed E-state index contributed by atoms with van der Waals surface area (Å²) in [6.45, 7) is 0. The summed E-state index contributed by atoms with van der Waals surface area (Å²) in [5, 5.41) is 0.564. The number of carbonyl (C=O) groups excluding carboxylic acids is 1. The van der Waals surface area contributed by atoms with Crippen LogP contribution >= 0.6 is 11.6 Å². The van der Waals surface area contributed by atoms with Crippen LogP contribution < -0.4 is 4.74 Å². The van der Waals surface area contributed by atoms with Crippen LogP contribution in [-0.2, 0) is 9.53 Å². The Labute approximate surface area is 193 Å². The van der Waals surface area contributed by atoms with Crippen molar-refractivity contribution in [2.75, 3.05) is 7.11 Å². The van der Waals surface area contributed by atoms with Crippen LogP contribution in [0.1, 0.15) is 23.6 Å². The molecule has 1 unspecified atom stereocenters. The number of benzene rings is 3. The number of alkyl halides is 3. The molecule has 0 aliphatic carbocycles. The summed E-state index contributed by atoms with van der Waals surface area (Å²) in [7, 11) is 1.35. The molecule has 0 radical (unpaired) electrons. The molecule has 0 bridgehead atoms. The highest BCUT2D eigenvalue weighted by Crippen LogP contribution is 2.39. The van der Waals surface area contributed by atoms with Gasteiger partial charge in [-0.2, -0.15) is 0 Å². The summed E-state index contributed by atoms with van der Waals surface area (Å²) >= 11 is 6.33. The van der Waals surface area contributed by atoms with Crippen molar-refractivity contribution in [3.05, 3.63) is 88.9 Å². The molecule has 0 saturated carbocycles. The Bertz CT molecular complexity index is 1170. The maximum absolute atomic E-state index is 12.5. The van der Waals surface area contributed by atoms with Crippen LogP contribution in [0.5, 0.6) is 5.75 Å². The number of nitrogens with zero attached hydrogens (tertiary/aromatic N) is 1. The van der Waals surface area contributed by atoms with Crippen molar-refractivity contribution in [3.63, 3.8) is 0 Å². The first kappa shape index (κ1) is 22.9. The van der Waals surface area contributed by atoms with Gasteiger partial charge in [0.2, 0.25) is 0 Å². The normalized spacial score (nSPS) is 18.0. The van der Waals surface area contributed by atoms with Crippen molar-refractivity contribution in [2.45, 2.75) is 18.8 Å². The van der Waals surface area contributed by atoms with Crippen molar-refractivity contribution in [1.82, 2.24) is 0 Å². The standard InChI is InChI=1S/C25H19ClF3NO3/c1-32-24(31)20-14-22(19-4-2-3-5-21(19)26)30-23(20)17-8-6-15(7-9-17)16-10-12-18(13-11-16)33-25(27,28)29/h2-13,20,23H,14H2,1H3/t20?,23-/m0/s1. The maximum atomic E-state index is 12.5. The summed E-state index contributed by atoms with van der Waals surface area (Å²) in [4.78, 5) is 17.3. The molecule has 4 rings (SSSR count). The van der Waals surface area contributed by atoms with Crippen molar-refractivity contribution >= 4 is 23.3 Å². The second kappa shape index (κ2) is 9.27. The second-order valence-corrected chi connectivity index (χ2v) is 7.94. The molecule has 33 heavy (non-hydrogen) atoms. The zero-order chi connectivity index (χ0) is 23.6. The average Bonchev–Trinajstić information content (AvgIpc) is 3.24. The number of rotatable bonds is 5. The van der Waals surface area contributed by atoms with Crippen molar-refractivity contribution in [1.29, 1.82) is 0 Å². The fourth-order valence-corrected chi connectivity index (χ4v) is 4.14. The van der Waals surface area contributed by atoms with E-state index in [4.69, 9.17) is 21.3 Å². The SMILES string of the molecule is COC(=O)C1CC(c2ccccc2Cl)=N[C@H]1c1ccc(-c2ccc(OC(F)(F)F)cc2)cc1. The molecular weight excluding hydrogens is 455 g/mol. The van der Waals surface area contributed by atoms with E-state index in [0.29, 0.717) is 11.4 Å². The van der Waals surface area contributed by atoms with Crippen molar-refractivity contribution < 1.29 is 27.4 Å². The zero-order valence-electron chi connectivity index (χ0n) is 17.5. The number of carbonyl (C=O) groups is 1. The minimum atomic E-state index is -4.73. The highest BCUT2D eigenvalue weighted by Gasteiger charge is 2.37. The number of methoxy groups -OCH3 is 1. The molecule has 1 aliphatic rings. The lowest BCUT2D eigenvalue weighted by Crippen LogP contribution is -2.20. The molecule has 170 valence electrons. The Balaban J connectivity index is 1.59. The fourth-order valence-electron chi connectivity index (χ4n) is 3.90. The van der Waals surface area contributed by atoms with Crippen molar-refractivity contribution in [2.24, 2.45) is 10.9 Å². The number of esters is 1. The molecule has 0 N–H and O–H groups in total. The van der Waals surface area contributed by atoms with Crippen LogP contribution in [0, 0.1) is 5.92 Å². The summed E-state index contributed by atoms with van der Waals surface area (Å²) < 4.78 is 46.0. The smallest absolute Gasteiger partial charge is 0.469 e. The van der Waals surface area contributed by atoms with E-state index in [1.807, 2.05) is 42.5 Å². The van der Waals surface area contributed by atoms with Crippen LogP contribution in [0.2, 0.25) is 5.02 Å². The number of hydrogen-bond acceptors (Lipinski definition) is 4. The van der Waals surface area contributed by atoms with Crippen LogP contribution in [0.15, 0.2) is 77.8 Å². The number of ether oxygens (including phenoxy) is 2. The lowest BCUT2D eigenvalue weighted by atomic mass is 9.90. The van der Waals surface area contributed by atoms with E-state index < -0.39 is 18.3 Å². The van der Waals surface area contributed by atoms with E-state index in [1.165, 1.54) is 19.2 Å². The van der Waals surface area contributed by atoms with Gasteiger partial charge in [0.1, 0.15) is 5.75 Å². The highest BCUT2D eigenvalue weighted by molar-refractivity contribution is 6.34. The van der Waals surface area contributed by atoms with Gasteiger partial charge in [0.25, 0.3) is 0 Å². The van der Waals surface area contributed by atoms with Gasteiger partial charge in [0.05, 0.1) is 19.1 Å². The molecule has 4 nitrogen and oxygen atoms in total. The van der Waals surface area contributed by atoms with E-state index in [1.54, 1.807) is 18.2 Å². The summed E-state index contributed by atoms with van der Waals surface area (Å²) in [5.41, 5.74) is 3.89. The highest BCUT2D eigenvalue weighted by atomic mass is 35.5. The van der Waals surface area contributed by atoms with Gasteiger partial charge in [0.15, 0.2) is 0 Å². The molecule has 0 fully saturated rings. The van der Waals surface area contributed by atoms with Crippen LogP contribution in [0.3, 0.4) is 0 Å². The molecule has 1 heterocycles. The first-order chi connectivity index (χ1) is 15.7. The van der Waals surface area contributed by atoms with E-state index in [2.05, 4.69) is 4.74 Å². The van der Waals surface area contributed by atoms with Crippen LogP contribution in [0.4, 0.5) is 13.2 Å².